The minimum Gasteiger partial charge on any atom is -0.810 e. The molecule has 0 saturated heterocycles. The topological polar surface area (TPSA) is 97.7 Å². The van der Waals surface area contributed by atoms with Crippen LogP contribution in [0.25, 0.3) is 5.41 Å². The Labute approximate surface area is 170 Å². The number of carbonyl (C=O) groups excluding carboxylic acids is 2. The molecule has 0 spiro atoms. The monoisotopic (exact) mass is 387 g/mol. The molecule has 0 fully saturated rings. The number of nitrogens with zero attached hydrogens (tertiary/aromatic N) is 2. The molecule has 0 radical (unpaired) electrons. The summed E-state index contributed by atoms with van der Waals surface area (Å²) in [6, 6.07) is 16.5. The van der Waals surface area contributed by atoms with Crippen molar-refractivity contribution in [1.82, 2.24) is 10.2 Å². The van der Waals surface area contributed by atoms with E-state index in [-0.39, 0.29) is 17.4 Å². The van der Waals surface area contributed by atoms with Crippen LogP contribution in [-0.2, 0) is 11.3 Å². The van der Waals surface area contributed by atoms with E-state index in [4.69, 9.17) is 5.73 Å². The number of ketones is 1. The van der Waals surface area contributed by atoms with Gasteiger partial charge in [-0.3, -0.25) is 9.59 Å². The van der Waals surface area contributed by atoms with Crippen molar-refractivity contribution >= 4 is 17.9 Å². The van der Waals surface area contributed by atoms with Crippen molar-refractivity contribution in [2.45, 2.75) is 12.5 Å². The third-order valence-corrected chi connectivity index (χ3v) is 4.94. The van der Waals surface area contributed by atoms with Crippen molar-refractivity contribution in [1.29, 1.82) is 0 Å². The predicted octanol–water partition coefficient (Wildman–Crippen LogP) is 2.58. The smallest absolute Gasteiger partial charge is 0.270 e. The van der Waals surface area contributed by atoms with Gasteiger partial charge in [0.2, 0.25) is 0 Å². The number of carbonyl (C=O) groups is 2. The first-order valence-electron chi connectivity index (χ1n) is 9.33. The first-order valence-corrected chi connectivity index (χ1v) is 9.33. The minimum atomic E-state index is -0.407. The normalized spacial score (nSPS) is 16.7. The molecule has 2 aromatic carbocycles. The van der Waals surface area contributed by atoms with Gasteiger partial charge in [-0.25, -0.2) is 0 Å². The van der Waals surface area contributed by atoms with E-state index in [0.29, 0.717) is 24.2 Å². The number of hydrogen-bond donors (Lipinski definition) is 2. The Morgan fingerprint density at radius 3 is 2.52 bits per heavy atom. The molecule has 1 heterocycles. The minimum absolute atomic E-state index is 0.107. The summed E-state index contributed by atoms with van der Waals surface area (Å²) in [6.45, 7) is 0.728. The second-order valence-electron chi connectivity index (χ2n) is 6.83. The third kappa shape index (κ3) is 4.43. The first-order chi connectivity index (χ1) is 14.0. The van der Waals surface area contributed by atoms with E-state index in [0.717, 1.165) is 17.3 Å². The van der Waals surface area contributed by atoms with Crippen LogP contribution in [0.15, 0.2) is 78.1 Å². The molecule has 3 rings (SSSR count). The van der Waals surface area contributed by atoms with Gasteiger partial charge in [0.25, 0.3) is 5.91 Å². The van der Waals surface area contributed by atoms with Gasteiger partial charge in [-0.05, 0) is 22.9 Å². The molecule has 3 N–H and O–H groups in total. The molecule has 29 heavy (non-hydrogen) atoms. The average Bonchev–Trinajstić information content (AvgIpc) is 2.76. The molecule has 1 atom stereocenters. The fraction of sp³-hybridized carbons (Fsp3) is 0.174. The quantitative estimate of drug-likeness (QED) is 0.452. The highest BCUT2D eigenvalue weighted by atomic mass is 16.2. The Morgan fingerprint density at radius 2 is 1.83 bits per heavy atom. The zero-order valence-corrected chi connectivity index (χ0v) is 16.2. The van der Waals surface area contributed by atoms with Crippen molar-refractivity contribution in [3.05, 3.63) is 100 Å². The second kappa shape index (κ2) is 9.01. The van der Waals surface area contributed by atoms with Crippen molar-refractivity contribution in [3.8, 4) is 0 Å². The zero-order chi connectivity index (χ0) is 20.8. The molecule has 6 nitrogen and oxygen atoms in total. The summed E-state index contributed by atoms with van der Waals surface area (Å²) in [5.74, 6) is -0.931. The number of rotatable bonds is 6. The van der Waals surface area contributed by atoms with Crippen molar-refractivity contribution in [2.24, 2.45) is 5.73 Å². The van der Waals surface area contributed by atoms with Gasteiger partial charge in [-0.1, -0.05) is 54.6 Å². The lowest BCUT2D eigenvalue weighted by molar-refractivity contribution is -0.128. The highest BCUT2D eigenvalue weighted by Gasteiger charge is 2.30. The lowest BCUT2D eigenvalue weighted by Gasteiger charge is -2.36. The van der Waals surface area contributed by atoms with Crippen LogP contribution >= 0.6 is 0 Å². The Bertz CT molecular complexity index is 979. The van der Waals surface area contributed by atoms with Gasteiger partial charge in [0, 0.05) is 37.7 Å². The van der Waals surface area contributed by atoms with Crippen LogP contribution in [0.4, 0.5) is 0 Å². The predicted molar refractivity (Wildman–Crippen MR) is 114 cm³/mol. The largest absolute Gasteiger partial charge is 0.810 e. The maximum Gasteiger partial charge on any atom is 0.270 e. The van der Waals surface area contributed by atoms with E-state index >= 15 is 0 Å². The maximum atomic E-state index is 13.0. The van der Waals surface area contributed by atoms with Crippen LogP contribution in [0.5, 0.6) is 0 Å². The highest BCUT2D eigenvalue weighted by Crippen LogP contribution is 2.33. The van der Waals surface area contributed by atoms with Crippen LogP contribution < -0.4 is 11.1 Å². The molecule has 0 aliphatic carbocycles. The van der Waals surface area contributed by atoms with Gasteiger partial charge >= 0.3 is 0 Å². The molecule has 0 saturated carbocycles. The van der Waals surface area contributed by atoms with E-state index < -0.39 is 5.91 Å². The Morgan fingerprint density at radius 1 is 1.14 bits per heavy atom. The molecular formula is C23H23N4O2-. The molecule has 0 bridgehead atoms. The van der Waals surface area contributed by atoms with Gasteiger partial charge in [-0.2, -0.15) is 6.21 Å². The molecule has 148 valence electrons. The van der Waals surface area contributed by atoms with Crippen molar-refractivity contribution in [2.75, 3.05) is 13.6 Å². The number of nitrogens with two attached hydrogens (primary N) is 1. The standard InChI is InChI=1S/C23H23N4O2/c1-26-13-18(12-24)20-15-27(14-17-9-5-6-10-19(17)20)23(29)21(25)11-22(28)16-7-3-2-4-8-16/h2-13,20,26H,14-15,25H2,1H3/q-1/b18-13+,21-11-. The lowest BCUT2D eigenvalue weighted by atomic mass is 9.85. The molecule has 6 heteroatoms. The molecule has 0 aromatic heterocycles. The summed E-state index contributed by atoms with van der Waals surface area (Å²) in [6.07, 6.45) is 3.92. The van der Waals surface area contributed by atoms with Crippen LogP contribution in [0.1, 0.15) is 27.4 Å². The van der Waals surface area contributed by atoms with Gasteiger partial charge in [0.1, 0.15) is 5.70 Å². The fourth-order valence-electron chi connectivity index (χ4n) is 3.51. The van der Waals surface area contributed by atoms with Gasteiger partial charge < -0.3 is 21.4 Å². The number of benzene rings is 2. The molecule has 1 aliphatic rings. The summed E-state index contributed by atoms with van der Waals surface area (Å²) in [7, 11) is 1.75. The van der Waals surface area contributed by atoms with E-state index in [1.807, 2.05) is 30.3 Å². The van der Waals surface area contributed by atoms with Gasteiger partial charge in [-0.15, -0.1) is 0 Å². The number of hydrogen-bond acceptors (Lipinski definition) is 4. The Hall–Kier alpha value is -3.67. The van der Waals surface area contributed by atoms with Crippen LogP contribution in [0.2, 0.25) is 0 Å². The first kappa shape index (κ1) is 20.1. The Balaban J connectivity index is 1.88. The van der Waals surface area contributed by atoms with E-state index in [9.17, 15) is 15.0 Å². The molecule has 1 unspecified atom stereocenters. The van der Waals surface area contributed by atoms with Gasteiger partial charge in [0.05, 0.1) is 0 Å². The lowest BCUT2D eigenvalue weighted by Crippen LogP contribution is -2.41. The highest BCUT2D eigenvalue weighted by molar-refractivity contribution is 6.09. The van der Waals surface area contributed by atoms with Crippen molar-refractivity contribution < 1.29 is 9.59 Å². The Kier molecular flexibility index (Phi) is 6.24. The fourth-order valence-corrected chi connectivity index (χ4v) is 3.51. The van der Waals surface area contributed by atoms with Crippen LogP contribution in [-0.4, -0.2) is 36.4 Å². The third-order valence-electron chi connectivity index (χ3n) is 4.94. The van der Waals surface area contributed by atoms with E-state index in [1.54, 1.807) is 42.4 Å². The zero-order valence-electron chi connectivity index (χ0n) is 16.2. The maximum absolute atomic E-state index is 13.0. The second-order valence-corrected chi connectivity index (χ2v) is 6.83. The molecule has 1 aliphatic heterocycles. The summed E-state index contributed by atoms with van der Waals surface area (Å²) in [4.78, 5) is 26.9. The summed E-state index contributed by atoms with van der Waals surface area (Å²) < 4.78 is 0. The summed E-state index contributed by atoms with van der Waals surface area (Å²) in [5.41, 5.74) is 9.02. The summed E-state index contributed by atoms with van der Waals surface area (Å²) in [5, 5.41) is 12.6. The van der Waals surface area contributed by atoms with E-state index in [1.165, 1.54) is 6.08 Å². The van der Waals surface area contributed by atoms with Crippen molar-refractivity contribution in [3.63, 3.8) is 0 Å². The summed E-state index contributed by atoms with van der Waals surface area (Å²) >= 11 is 0. The van der Waals surface area contributed by atoms with Crippen LogP contribution in [0, 0.1) is 0 Å². The van der Waals surface area contributed by atoms with Gasteiger partial charge in [0.15, 0.2) is 5.78 Å². The number of nitrogens with one attached hydrogen (secondary N) is 1. The number of amides is 1. The average molecular weight is 387 g/mol. The molecule has 2 aromatic rings. The molecule has 1 amide bonds. The van der Waals surface area contributed by atoms with E-state index in [2.05, 4.69) is 5.32 Å². The molecular weight excluding hydrogens is 364 g/mol. The number of fused-ring (bicyclic) bond motifs is 1. The SMILES string of the molecule is CN/C=C(\C=[N-])C1CN(C(=O)/C(N)=C/C(=O)c2ccccc2)Cc2ccccc21. The van der Waals surface area contributed by atoms with Crippen LogP contribution in [0.3, 0.4) is 0 Å². The number of allylic oxidation sites excluding steroid dienone is 1.